The van der Waals surface area contributed by atoms with Gasteiger partial charge in [-0.1, -0.05) is 0 Å². The van der Waals surface area contributed by atoms with Crippen molar-refractivity contribution in [3.63, 3.8) is 0 Å². The number of hydrogen-bond acceptors (Lipinski definition) is 6. The number of rotatable bonds is 7. The molecule has 1 saturated heterocycles. The Bertz CT molecular complexity index is 1150. The average Bonchev–Trinajstić information content (AvgIpc) is 3.19. The SMILES string of the molecule is COCCC(=O)N1CCC(F)(F)CC1CNc1nc(-c2c[nH]c3ncc(C)cc23)ncc1F. The van der Waals surface area contributed by atoms with E-state index in [1.165, 1.54) is 12.0 Å². The Morgan fingerprint density at radius 3 is 2.97 bits per heavy atom. The highest BCUT2D eigenvalue weighted by atomic mass is 19.3. The van der Waals surface area contributed by atoms with Crippen LogP contribution in [0.3, 0.4) is 0 Å². The number of nitrogens with one attached hydrogen (secondary N) is 2. The van der Waals surface area contributed by atoms with Gasteiger partial charge >= 0.3 is 0 Å². The van der Waals surface area contributed by atoms with E-state index in [1.807, 2.05) is 13.0 Å². The fourth-order valence-corrected chi connectivity index (χ4v) is 4.00. The lowest BCUT2D eigenvalue weighted by Gasteiger charge is -2.39. The Morgan fingerprint density at radius 1 is 1.36 bits per heavy atom. The van der Waals surface area contributed by atoms with Crippen LogP contribution in [0.4, 0.5) is 19.0 Å². The van der Waals surface area contributed by atoms with Crippen LogP contribution in [0, 0.1) is 12.7 Å². The summed E-state index contributed by atoms with van der Waals surface area (Å²) in [6.07, 6.45) is 3.63. The minimum absolute atomic E-state index is 0.0684. The quantitative estimate of drug-likeness (QED) is 0.558. The van der Waals surface area contributed by atoms with Crippen molar-refractivity contribution in [2.75, 3.05) is 32.1 Å². The molecule has 11 heteroatoms. The second-order valence-corrected chi connectivity index (χ2v) is 8.18. The Kier molecular flexibility index (Phi) is 6.50. The van der Waals surface area contributed by atoms with Gasteiger partial charge in [-0.2, -0.15) is 0 Å². The first-order valence-electron chi connectivity index (χ1n) is 10.6. The third-order valence-electron chi connectivity index (χ3n) is 5.69. The molecule has 8 nitrogen and oxygen atoms in total. The molecule has 1 fully saturated rings. The van der Waals surface area contributed by atoms with Crippen LogP contribution in [0.15, 0.2) is 24.7 Å². The number of aromatic nitrogens is 4. The number of carbonyl (C=O) groups excluding carboxylic acids is 1. The molecule has 0 saturated carbocycles. The molecular weight excluding hydrogens is 437 g/mol. The maximum absolute atomic E-state index is 14.5. The summed E-state index contributed by atoms with van der Waals surface area (Å²) in [5, 5.41) is 3.60. The van der Waals surface area contributed by atoms with Crippen molar-refractivity contribution in [1.29, 1.82) is 0 Å². The Morgan fingerprint density at radius 2 is 2.18 bits per heavy atom. The van der Waals surface area contributed by atoms with E-state index in [4.69, 9.17) is 4.74 Å². The number of aryl methyl sites for hydroxylation is 1. The number of H-pyrrole nitrogens is 1. The number of methoxy groups -OCH3 is 1. The van der Waals surface area contributed by atoms with Crippen LogP contribution in [0.25, 0.3) is 22.4 Å². The van der Waals surface area contributed by atoms with Crippen LogP contribution in [-0.4, -0.2) is 69.5 Å². The number of aromatic amines is 1. The fraction of sp³-hybridized carbons (Fsp3) is 0.455. The Balaban J connectivity index is 1.55. The van der Waals surface area contributed by atoms with Crippen LogP contribution >= 0.6 is 0 Å². The molecular formula is C22H25F3N6O2. The summed E-state index contributed by atoms with van der Waals surface area (Å²) in [4.78, 5) is 29.6. The minimum atomic E-state index is -2.89. The number of fused-ring (bicyclic) bond motifs is 1. The summed E-state index contributed by atoms with van der Waals surface area (Å²) in [5.74, 6) is -3.74. The number of pyridine rings is 1. The number of ether oxygens (including phenoxy) is 1. The van der Waals surface area contributed by atoms with E-state index >= 15 is 0 Å². The molecule has 1 aliphatic heterocycles. The van der Waals surface area contributed by atoms with Gasteiger partial charge in [-0.3, -0.25) is 4.79 Å². The van der Waals surface area contributed by atoms with Crippen LogP contribution in [-0.2, 0) is 9.53 Å². The van der Waals surface area contributed by atoms with Crippen molar-refractivity contribution < 1.29 is 22.7 Å². The van der Waals surface area contributed by atoms with E-state index in [0.29, 0.717) is 11.2 Å². The van der Waals surface area contributed by atoms with E-state index in [2.05, 4.69) is 25.3 Å². The molecule has 3 aromatic heterocycles. The molecule has 2 N–H and O–H groups in total. The molecule has 0 bridgehead atoms. The van der Waals surface area contributed by atoms with E-state index in [0.717, 1.165) is 17.1 Å². The fourth-order valence-electron chi connectivity index (χ4n) is 4.00. The number of alkyl halides is 2. The van der Waals surface area contributed by atoms with Gasteiger partial charge in [-0.05, 0) is 18.6 Å². The van der Waals surface area contributed by atoms with Gasteiger partial charge in [0.25, 0.3) is 5.92 Å². The highest BCUT2D eigenvalue weighted by Crippen LogP contribution is 2.33. The molecule has 33 heavy (non-hydrogen) atoms. The lowest BCUT2D eigenvalue weighted by Crippen LogP contribution is -2.52. The first kappa shape index (κ1) is 23.0. The largest absolute Gasteiger partial charge is 0.384 e. The zero-order valence-corrected chi connectivity index (χ0v) is 18.4. The average molecular weight is 462 g/mol. The molecule has 0 spiro atoms. The number of likely N-dealkylation sites (tertiary alicyclic amines) is 1. The van der Waals surface area contributed by atoms with Gasteiger partial charge in [-0.25, -0.2) is 28.1 Å². The Hall–Kier alpha value is -3.21. The third-order valence-corrected chi connectivity index (χ3v) is 5.69. The topological polar surface area (TPSA) is 96.0 Å². The van der Waals surface area contributed by atoms with Crippen molar-refractivity contribution in [3.05, 3.63) is 36.0 Å². The zero-order chi connectivity index (χ0) is 23.6. The molecule has 0 aliphatic carbocycles. The molecule has 1 unspecified atom stereocenters. The summed E-state index contributed by atoms with van der Waals surface area (Å²) in [6, 6.07) is 1.11. The lowest BCUT2D eigenvalue weighted by atomic mass is 9.98. The maximum Gasteiger partial charge on any atom is 0.251 e. The predicted molar refractivity (Wildman–Crippen MR) is 116 cm³/mol. The van der Waals surface area contributed by atoms with E-state index in [-0.39, 0.29) is 43.7 Å². The monoisotopic (exact) mass is 462 g/mol. The number of nitrogens with zero attached hydrogens (tertiary/aromatic N) is 4. The smallest absolute Gasteiger partial charge is 0.251 e. The summed E-state index contributed by atoms with van der Waals surface area (Å²) in [5.41, 5.74) is 2.23. The van der Waals surface area contributed by atoms with E-state index in [9.17, 15) is 18.0 Å². The van der Waals surface area contributed by atoms with Gasteiger partial charge < -0.3 is 19.9 Å². The summed E-state index contributed by atoms with van der Waals surface area (Å²) >= 11 is 0. The summed E-state index contributed by atoms with van der Waals surface area (Å²) in [7, 11) is 1.47. The molecule has 176 valence electrons. The van der Waals surface area contributed by atoms with Crippen molar-refractivity contribution in [2.45, 2.75) is 38.2 Å². The summed E-state index contributed by atoms with van der Waals surface area (Å²) in [6.45, 7) is 1.97. The van der Waals surface area contributed by atoms with Crippen molar-refractivity contribution in [3.8, 4) is 11.4 Å². The minimum Gasteiger partial charge on any atom is -0.384 e. The van der Waals surface area contributed by atoms with Gasteiger partial charge in [0.05, 0.1) is 25.3 Å². The molecule has 1 amide bonds. The highest BCUT2D eigenvalue weighted by molar-refractivity contribution is 5.92. The van der Waals surface area contributed by atoms with Gasteiger partial charge in [0, 0.05) is 56.4 Å². The standard InChI is InChI=1S/C22H25F3N6O2/c1-13-7-15-16(11-28-19(15)26-9-13)20-29-12-17(23)21(30-20)27-10-14-8-22(24,25)4-5-31(14)18(32)3-6-33-2/h7,9,11-12,14H,3-6,8,10H2,1-2H3,(H,26,28)(H,27,29,30). The molecule has 0 radical (unpaired) electrons. The third kappa shape index (κ3) is 5.08. The molecule has 0 aromatic carbocycles. The molecule has 1 aliphatic rings. The van der Waals surface area contributed by atoms with Gasteiger partial charge in [0.1, 0.15) is 5.65 Å². The number of anilines is 1. The molecule has 3 aromatic rings. The van der Waals surface area contributed by atoms with Crippen molar-refractivity contribution in [2.24, 2.45) is 0 Å². The first-order chi connectivity index (χ1) is 15.8. The normalized spacial score (nSPS) is 18.0. The molecule has 1 atom stereocenters. The maximum atomic E-state index is 14.5. The summed E-state index contributed by atoms with van der Waals surface area (Å²) < 4.78 is 47.6. The van der Waals surface area contributed by atoms with Crippen molar-refractivity contribution in [1.82, 2.24) is 24.8 Å². The van der Waals surface area contributed by atoms with Gasteiger partial charge in [0.15, 0.2) is 17.5 Å². The van der Waals surface area contributed by atoms with Crippen LogP contribution in [0.5, 0.6) is 0 Å². The highest BCUT2D eigenvalue weighted by Gasteiger charge is 2.41. The second kappa shape index (κ2) is 9.34. The van der Waals surface area contributed by atoms with E-state index < -0.39 is 30.6 Å². The van der Waals surface area contributed by atoms with Crippen LogP contribution < -0.4 is 5.32 Å². The van der Waals surface area contributed by atoms with Crippen LogP contribution in [0.2, 0.25) is 0 Å². The zero-order valence-electron chi connectivity index (χ0n) is 18.4. The number of halogens is 3. The lowest BCUT2D eigenvalue weighted by molar-refractivity contribution is -0.143. The number of amides is 1. The Labute approximate surface area is 188 Å². The van der Waals surface area contributed by atoms with Crippen molar-refractivity contribution >= 4 is 22.8 Å². The van der Waals surface area contributed by atoms with E-state index in [1.54, 1.807) is 12.4 Å². The molecule has 4 rings (SSSR count). The predicted octanol–water partition coefficient (Wildman–Crippen LogP) is 3.54. The van der Waals surface area contributed by atoms with Gasteiger partial charge in [-0.15, -0.1) is 0 Å². The number of carbonyl (C=O) groups is 1. The number of hydrogen-bond donors (Lipinski definition) is 2. The number of piperidine rings is 1. The second-order valence-electron chi connectivity index (χ2n) is 8.18. The van der Waals surface area contributed by atoms with Crippen LogP contribution in [0.1, 0.15) is 24.8 Å². The van der Waals surface area contributed by atoms with Gasteiger partial charge in [0.2, 0.25) is 5.91 Å². The molecule has 4 heterocycles. The first-order valence-corrected chi connectivity index (χ1v) is 10.6.